The first-order valence-corrected chi connectivity index (χ1v) is 12.8. The maximum atomic E-state index is 5.92. The Kier molecular flexibility index (Phi) is 19.7. The first-order valence-electron chi connectivity index (χ1n) is 12.8. The summed E-state index contributed by atoms with van der Waals surface area (Å²) in [6.07, 6.45) is 19.5. The van der Waals surface area contributed by atoms with Gasteiger partial charge in [-0.1, -0.05) is 69.9 Å². The van der Waals surface area contributed by atoms with Gasteiger partial charge in [0.15, 0.2) is 0 Å². The Labute approximate surface area is 211 Å². The molecule has 34 heavy (non-hydrogen) atoms. The van der Waals surface area contributed by atoms with Gasteiger partial charge in [-0.2, -0.15) is 0 Å². The van der Waals surface area contributed by atoms with Gasteiger partial charge in [0.25, 0.3) is 0 Å². The average molecular weight is 471 g/mol. The van der Waals surface area contributed by atoms with Crippen LogP contribution in [-0.4, -0.2) is 27.1 Å². The molecule has 4 heteroatoms. The van der Waals surface area contributed by atoms with Crippen molar-refractivity contribution >= 4 is 7.32 Å². The largest absolute Gasteiger partial charge is 0.640 e. The summed E-state index contributed by atoms with van der Waals surface area (Å²) in [7, 11) is -0.675. The molecule has 0 atom stereocenters. The van der Waals surface area contributed by atoms with E-state index in [1.165, 1.54) is 33.4 Å². The van der Waals surface area contributed by atoms with Crippen LogP contribution in [0.3, 0.4) is 0 Å². The van der Waals surface area contributed by atoms with Crippen molar-refractivity contribution in [2.75, 3.05) is 19.8 Å². The first kappa shape index (κ1) is 32.4. The predicted octanol–water partition coefficient (Wildman–Crippen LogP) is 9.10. The fraction of sp³-hybridized carbons (Fsp3) is 0.600. The van der Waals surface area contributed by atoms with E-state index in [0.29, 0.717) is 19.8 Å². The highest BCUT2D eigenvalue weighted by Crippen LogP contribution is 2.10. The van der Waals surface area contributed by atoms with E-state index in [4.69, 9.17) is 14.0 Å². The maximum Gasteiger partial charge on any atom is 0.640 e. The van der Waals surface area contributed by atoms with Crippen LogP contribution in [0.4, 0.5) is 0 Å². The standard InChI is InChI=1S/C30H51BO3/c1-25(2)13-10-16-28(7)19-22-32-31(33-23-20-29(8)17-11-14-26(3)4)34-24-21-30(9)18-12-15-27(5)6/h13-15,19-21H,10-12,16-18,22-24H2,1-9H3. The van der Waals surface area contributed by atoms with E-state index in [1.54, 1.807) is 0 Å². The van der Waals surface area contributed by atoms with Crippen molar-refractivity contribution in [1.29, 1.82) is 0 Å². The summed E-state index contributed by atoms with van der Waals surface area (Å²) in [5, 5.41) is 0. The van der Waals surface area contributed by atoms with Gasteiger partial charge in [-0.05, 0) is 101 Å². The second-order valence-electron chi connectivity index (χ2n) is 9.90. The second-order valence-corrected chi connectivity index (χ2v) is 9.90. The number of hydrogen-bond donors (Lipinski definition) is 0. The van der Waals surface area contributed by atoms with E-state index < -0.39 is 7.32 Å². The summed E-state index contributed by atoms with van der Waals surface area (Å²) < 4.78 is 17.7. The van der Waals surface area contributed by atoms with Crippen LogP contribution >= 0.6 is 0 Å². The quantitative estimate of drug-likeness (QED) is 0.148. The molecule has 0 N–H and O–H groups in total. The van der Waals surface area contributed by atoms with Gasteiger partial charge in [0.05, 0.1) is 19.8 Å². The smallest absolute Gasteiger partial charge is 0.382 e. The van der Waals surface area contributed by atoms with Crippen LogP contribution in [0.15, 0.2) is 69.9 Å². The molecular weight excluding hydrogens is 419 g/mol. The molecule has 0 aromatic heterocycles. The lowest BCUT2D eigenvalue weighted by molar-refractivity contribution is 0.122. The Morgan fingerprint density at radius 3 is 0.941 bits per heavy atom. The maximum absolute atomic E-state index is 5.92. The van der Waals surface area contributed by atoms with Gasteiger partial charge in [0.1, 0.15) is 0 Å². The topological polar surface area (TPSA) is 27.7 Å². The molecule has 0 amide bonds. The third-order valence-corrected chi connectivity index (χ3v) is 5.27. The van der Waals surface area contributed by atoms with Gasteiger partial charge in [0.2, 0.25) is 0 Å². The predicted molar refractivity (Wildman–Crippen MR) is 151 cm³/mol. The minimum absolute atomic E-state index is 0.484. The molecule has 0 saturated carbocycles. The molecular formula is C30H51BO3. The molecule has 0 aliphatic heterocycles. The summed E-state index contributed by atoms with van der Waals surface area (Å²) in [6.45, 7) is 20.7. The molecule has 0 rings (SSSR count). The highest BCUT2D eigenvalue weighted by Gasteiger charge is 2.19. The lowest BCUT2D eigenvalue weighted by Gasteiger charge is -2.13. The van der Waals surface area contributed by atoms with Crippen molar-refractivity contribution in [3.05, 3.63) is 69.9 Å². The van der Waals surface area contributed by atoms with E-state index >= 15 is 0 Å². The minimum atomic E-state index is -0.675. The van der Waals surface area contributed by atoms with Gasteiger partial charge in [-0.15, -0.1) is 0 Å². The van der Waals surface area contributed by atoms with Crippen LogP contribution in [0.25, 0.3) is 0 Å². The summed E-state index contributed by atoms with van der Waals surface area (Å²) in [5.41, 5.74) is 8.04. The van der Waals surface area contributed by atoms with Crippen molar-refractivity contribution in [2.24, 2.45) is 0 Å². The number of hydrogen-bond acceptors (Lipinski definition) is 3. The van der Waals surface area contributed by atoms with E-state index in [-0.39, 0.29) is 0 Å². The van der Waals surface area contributed by atoms with Gasteiger partial charge in [-0.25, -0.2) is 0 Å². The zero-order valence-corrected chi connectivity index (χ0v) is 23.6. The van der Waals surface area contributed by atoms with Crippen molar-refractivity contribution in [3.8, 4) is 0 Å². The van der Waals surface area contributed by atoms with Gasteiger partial charge in [-0.3, -0.25) is 0 Å². The summed E-state index contributed by atoms with van der Waals surface area (Å²) in [6, 6.07) is 0. The van der Waals surface area contributed by atoms with Crippen molar-refractivity contribution in [1.82, 2.24) is 0 Å². The fourth-order valence-electron chi connectivity index (χ4n) is 3.02. The van der Waals surface area contributed by atoms with E-state index in [9.17, 15) is 0 Å². The normalized spacial score (nSPS) is 12.4. The molecule has 0 aromatic carbocycles. The molecule has 0 heterocycles. The zero-order chi connectivity index (χ0) is 25.8. The zero-order valence-electron chi connectivity index (χ0n) is 23.6. The van der Waals surface area contributed by atoms with Crippen LogP contribution in [0.1, 0.15) is 101 Å². The molecule has 0 saturated heterocycles. The Balaban J connectivity index is 4.76. The first-order chi connectivity index (χ1) is 16.1. The highest BCUT2D eigenvalue weighted by atomic mass is 16.7. The summed E-state index contributed by atoms with van der Waals surface area (Å²) in [5.74, 6) is 0. The van der Waals surface area contributed by atoms with Crippen LogP contribution < -0.4 is 0 Å². The van der Waals surface area contributed by atoms with E-state index in [2.05, 4.69) is 98.8 Å². The molecule has 0 unspecified atom stereocenters. The van der Waals surface area contributed by atoms with Crippen LogP contribution in [0, 0.1) is 0 Å². The average Bonchev–Trinajstić information content (AvgIpc) is 2.72. The summed E-state index contributed by atoms with van der Waals surface area (Å²) in [4.78, 5) is 0. The molecule has 0 spiro atoms. The second kappa shape index (κ2) is 20.7. The lowest BCUT2D eigenvalue weighted by Crippen LogP contribution is -2.28. The fourth-order valence-corrected chi connectivity index (χ4v) is 3.02. The van der Waals surface area contributed by atoms with Crippen LogP contribution in [0.2, 0.25) is 0 Å². The highest BCUT2D eigenvalue weighted by molar-refractivity contribution is 6.36. The summed E-state index contributed by atoms with van der Waals surface area (Å²) >= 11 is 0. The third kappa shape index (κ3) is 22.2. The number of allylic oxidation sites excluding steroid dienone is 9. The monoisotopic (exact) mass is 470 g/mol. The molecule has 3 nitrogen and oxygen atoms in total. The lowest BCUT2D eigenvalue weighted by atomic mass is 10.1. The van der Waals surface area contributed by atoms with Crippen molar-refractivity contribution < 1.29 is 14.0 Å². The Bertz CT molecular complexity index is 626. The van der Waals surface area contributed by atoms with Gasteiger partial charge < -0.3 is 14.0 Å². The molecule has 0 radical (unpaired) electrons. The Hall–Kier alpha value is -1.62. The molecule has 0 aliphatic rings. The van der Waals surface area contributed by atoms with E-state index in [1.807, 2.05) is 0 Å². The molecule has 0 fully saturated rings. The van der Waals surface area contributed by atoms with Crippen molar-refractivity contribution in [3.63, 3.8) is 0 Å². The number of rotatable bonds is 18. The van der Waals surface area contributed by atoms with Crippen LogP contribution in [0.5, 0.6) is 0 Å². The Morgan fingerprint density at radius 2 is 0.706 bits per heavy atom. The Morgan fingerprint density at radius 1 is 0.441 bits per heavy atom. The molecule has 192 valence electrons. The minimum Gasteiger partial charge on any atom is -0.382 e. The van der Waals surface area contributed by atoms with Gasteiger partial charge in [0, 0.05) is 0 Å². The third-order valence-electron chi connectivity index (χ3n) is 5.27. The SMILES string of the molecule is CC(C)=CCCC(C)=CCOB(OCC=C(C)CCC=C(C)C)OCC=C(C)CCC=C(C)C. The van der Waals surface area contributed by atoms with Crippen LogP contribution in [-0.2, 0) is 14.0 Å². The molecule has 0 aliphatic carbocycles. The van der Waals surface area contributed by atoms with E-state index in [0.717, 1.165) is 38.5 Å². The van der Waals surface area contributed by atoms with Gasteiger partial charge >= 0.3 is 7.32 Å². The van der Waals surface area contributed by atoms with Crippen molar-refractivity contribution in [2.45, 2.75) is 101 Å². The molecule has 0 aromatic rings. The molecule has 0 bridgehead atoms.